The molecule has 0 aliphatic heterocycles. The average Bonchev–Trinajstić information content (AvgIpc) is 2.60. The van der Waals surface area contributed by atoms with E-state index >= 15 is 0 Å². The number of amides is 1. The molecule has 3 rings (SSSR count). The summed E-state index contributed by atoms with van der Waals surface area (Å²) in [5, 5.41) is 3.26. The molecule has 2 aliphatic carbocycles. The van der Waals surface area contributed by atoms with Crippen molar-refractivity contribution in [1.82, 2.24) is 5.32 Å². The van der Waals surface area contributed by atoms with Gasteiger partial charge in [-0.2, -0.15) is 0 Å². The first-order valence-electron chi connectivity index (χ1n) is 9.37. The maximum Gasteiger partial charge on any atom is 0.249 e. The molecule has 0 saturated heterocycles. The van der Waals surface area contributed by atoms with Gasteiger partial charge in [0.25, 0.3) is 0 Å². The van der Waals surface area contributed by atoms with E-state index < -0.39 is 6.10 Å². The Bertz CT molecular complexity index is 578. The number of hydrogen-bond donors (Lipinski definition) is 2. The highest BCUT2D eigenvalue weighted by Crippen LogP contribution is 2.39. The van der Waals surface area contributed by atoms with E-state index in [0.29, 0.717) is 24.5 Å². The summed E-state index contributed by atoms with van der Waals surface area (Å²) in [6.45, 7) is 2.22. The van der Waals surface area contributed by atoms with Crippen molar-refractivity contribution >= 4 is 5.91 Å². The first-order chi connectivity index (χ1) is 12.1. The number of hydrogen-bond acceptors (Lipinski definition) is 4. The minimum atomic E-state index is -0.470. The summed E-state index contributed by atoms with van der Waals surface area (Å²) in [6.07, 6.45) is 5.20. The van der Waals surface area contributed by atoms with E-state index in [1.54, 1.807) is 7.11 Å². The Balaban J connectivity index is 1.52. The Labute approximate surface area is 150 Å². The number of methoxy groups -OCH3 is 1. The lowest BCUT2D eigenvalue weighted by molar-refractivity contribution is -0.134. The zero-order chi connectivity index (χ0) is 17.8. The van der Waals surface area contributed by atoms with E-state index in [1.165, 1.54) is 19.3 Å². The van der Waals surface area contributed by atoms with Crippen LogP contribution in [0.25, 0.3) is 0 Å². The Kier molecular flexibility index (Phi) is 5.97. The van der Waals surface area contributed by atoms with Gasteiger partial charge in [-0.3, -0.25) is 4.79 Å². The van der Waals surface area contributed by atoms with Crippen LogP contribution in [0.5, 0.6) is 5.75 Å². The summed E-state index contributed by atoms with van der Waals surface area (Å²) < 4.78 is 11.0. The molecule has 2 fully saturated rings. The number of rotatable bonds is 6. The molecular formula is C20H30N2O3. The smallest absolute Gasteiger partial charge is 0.249 e. The molecule has 2 saturated carbocycles. The minimum absolute atomic E-state index is 0.0136. The topological polar surface area (TPSA) is 73.6 Å². The van der Waals surface area contributed by atoms with Crippen LogP contribution in [0, 0.1) is 11.8 Å². The lowest BCUT2D eigenvalue weighted by Gasteiger charge is -2.45. The van der Waals surface area contributed by atoms with E-state index in [1.807, 2.05) is 31.2 Å². The molecule has 2 bridgehead atoms. The SMILES string of the molecule is COc1cccc(COC(C)C(=O)NC2C3CCCC2CC(N)C3)c1. The van der Waals surface area contributed by atoms with E-state index in [9.17, 15) is 4.79 Å². The number of nitrogens with one attached hydrogen (secondary N) is 1. The van der Waals surface area contributed by atoms with Gasteiger partial charge in [-0.25, -0.2) is 0 Å². The summed E-state index contributed by atoms with van der Waals surface area (Å²) >= 11 is 0. The molecule has 0 radical (unpaired) electrons. The number of nitrogens with two attached hydrogens (primary N) is 1. The predicted octanol–water partition coefficient (Wildman–Crippen LogP) is 2.62. The fourth-order valence-corrected chi connectivity index (χ4v) is 4.37. The highest BCUT2D eigenvalue weighted by atomic mass is 16.5. The number of fused-ring (bicyclic) bond motifs is 2. The first kappa shape index (κ1) is 18.2. The van der Waals surface area contributed by atoms with Gasteiger partial charge in [0.05, 0.1) is 13.7 Å². The maximum atomic E-state index is 12.6. The molecular weight excluding hydrogens is 316 g/mol. The first-order valence-corrected chi connectivity index (χ1v) is 9.37. The van der Waals surface area contributed by atoms with Crippen LogP contribution in [0.1, 0.15) is 44.6 Å². The van der Waals surface area contributed by atoms with Crippen molar-refractivity contribution < 1.29 is 14.3 Å². The number of ether oxygens (including phenoxy) is 2. The average molecular weight is 346 g/mol. The number of carbonyl (C=O) groups excluding carboxylic acids is 1. The van der Waals surface area contributed by atoms with E-state index in [0.717, 1.165) is 24.2 Å². The molecule has 1 aromatic carbocycles. The minimum Gasteiger partial charge on any atom is -0.497 e. The molecule has 138 valence electrons. The summed E-state index contributed by atoms with van der Waals surface area (Å²) in [7, 11) is 1.64. The zero-order valence-electron chi connectivity index (χ0n) is 15.2. The lowest BCUT2D eigenvalue weighted by Crippen LogP contribution is -2.55. The van der Waals surface area contributed by atoms with E-state index in [-0.39, 0.29) is 11.9 Å². The van der Waals surface area contributed by atoms with Crippen LogP contribution in [0.15, 0.2) is 24.3 Å². The largest absolute Gasteiger partial charge is 0.497 e. The second kappa shape index (κ2) is 8.19. The second-order valence-corrected chi connectivity index (χ2v) is 7.52. The normalized spacial score (nSPS) is 29.7. The number of benzene rings is 1. The monoisotopic (exact) mass is 346 g/mol. The molecule has 0 aromatic heterocycles. The Morgan fingerprint density at radius 2 is 2.04 bits per heavy atom. The van der Waals surface area contributed by atoms with Gasteiger partial charge in [-0.1, -0.05) is 18.6 Å². The van der Waals surface area contributed by atoms with E-state index in [2.05, 4.69) is 5.32 Å². The third-order valence-corrected chi connectivity index (χ3v) is 5.69. The molecule has 3 atom stereocenters. The van der Waals surface area contributed by atoms with Crippen LogP contribution >= 0.6 is 0 Å². The van der Waals surface area contributed by atoms with Gasteiger partial charge >= 0.3 is 0 Å². The zero-order valence-corrected chi connectivity index (χ0v) is 15.2. The lowest BCUT2D eigenvalue weighted by atomic mass is 9.67. The van der Waals surface area contributed by atoms with Gasteiger partial charge in [-0.05, 0) is 62.1 Å². The Morgan fingerprint density at radius 1 is 1.32 bits per heavy atom. The van der Waals surface area contributed by atoms with E-state index in [4.69, 9.17) is 15.2 Å². The van der Waals surface area contributed by atoms with Crippen LogP contribution in [0.2, 0.25) is 0 Å². The van der Waals surface area contributed by atoms with Crippen LogP contribution < -0.4 is 15.8 Å². The highest BCUT2D eigenvalue weighted by molar-refractivity contribution is 5.80. The fraction of sp³-hybridized carbons (Fsp3) is 0.650. The Hall–Kier alpha value is -1.59. The van der Waals surface area contributed by atoms with Crippen molar-refractivity contribution in [3.63, 3.8) is 0 Å². The molecule has 5 nitrogen and oxygen atoms in total. The quantitative estimate of drug-likeness (QED) is 0.830. The maximum absolute atomic E-state index is 12.6. The summed E-state index contributed by atoms with van der Waals surface area (Å²) in [4.78, 5) is 12.6. The van der Waals surface area contributed by atoms with Crippen molar-refractivity contribution in [2.24, 2.45) is 17.6 Å². The molecule has 3 N–H and O–H groups in total. The van der Waals surface area contributed by atoms with Crippen LogP contribution in [0.4, 0.5) is 0 Å². The molecule has 2 aliphatic rings. The highest BCUT2D eigenvalue weighted by Gasteiger charge is 2.40. The fourth-order valence-electron chi connectivity index (χ4n) is 4.37. The van der Waals surface area contributed by atoms with Crippen molar-refractivity contribution in [2.75, 3.05) is 7.11 Å². The third-order valence-electron chi connectivity index (χ3n) is 5.69. The summed E-state index contributed by atoms with van der Waals surface area (Å²) in [5.74, 6) is 1.83. The van der Waals surface area contributed by atoms with Gasteiger partial charge in [0.2, 0.25) is 5.91 Å². The third kappa shape index (κ3) is 4.53. The van der Waals surface area contributed by atoms with Crippen molar-refractivity contribution in [3.05, 3.63) is 29.8 Å². The van der Waals surface area contributed by atoms with Crippen LogP contribution in [-0.2, 0) is 16.1 Å². The van der Waals surface area contributed by atoms with Crippen LogP contribution in [-0.4, -0.2) is 31.2 Å². The molecule has 1 aromatic rings. The van der Waals surface area contributed by atoms with Crippen molar-refractivity contribution in [1.29, 1.82) is 0 Å². The molecule has 3 unspecified atom stereocenters. The molecule has 5 heteroatoms. The predicted molar refractivity (Wildman–Crippen MR) is 97.2 cm³/mol. The summed E-state index contributed by atoms with van der Waals surface area (Å²) in [5.41, 5.74) is 7.17. The van der Waals surface area contributed by atoms with Gasteiger partial charge in [0.1, 0.15) is 11.9 Å². The van der Waals surface area contributed by atoms with Gasteiger partial charge in [0, 0.05) is 12.1 Å². The molecule has 0 heterocycles. The molecule has 1 amide bonds. The number of carbonyl (C=O) groups is 1. The van der Waals surface area contributed by atoms with Gasteiger partial charge < -0.3 is 20.5 Å². The van der Waals surface area contributed by atoms with Crippen LogP contribution in [0.3, 0.4) is 0 Å². The molecule has 0 spiro atoms. The van der Waals surface area contributed by atoms with Crippen molar-refractivity contribution in [3.8, 4) is 5.75 Å². The molecule has 25 heavy (non-hydrogen) atoms. The second-order valence-electron chi connectivity index (χ2n) is 7.52. The standard InChI is InChI=1S/C20H30N2O3/c1-13(25-12-14-5-3-8-18(9-14)24-2)20(23)22-19-15-6-4-7-16(19)11-17(21)10-15/h3,5,8-9,13,15-17,19H,4,6-7,10-12,21H2,1-2H3,(H,22,23). The Morgan fingerprint density at radius 3 is 2.72 bits per heavy atom. The van der Waals surface area contributed by atoms with Gasteiger partial charge in [0.15, 0.2) is 0 Å². The summed E-state index contributed by atoms with van der Waals surface area (Å²) in [6, 6.07) is 8.28. The van der Waals surface area contributed by atoms with Gasteiger partial charge in [-0.15, -0.1) is 0 Å². The van der Waals surface area contributed by atoms with Crippen molar-refractivity contribution in [2.45, 2.75) is 63.8 Å².